The second-order valence-corrected chi connectivity index (χ2v) is 11.0. The maximum absolute atomic E-state index is 13.3. The van der Waals surface area contributed by atoms with E-state index in [4.69, 9.17) is 9.84 Å². The van der Waals surface area contributed by atoms with Crippen LogP contribution in [0.2, 0.25) is 0 Å². The molecule has 0 unspecified atom stereocenters. The number of hydrogen-bond acceptors (Lipinski definition) is 7. The Morgan fingerprint density at radius 1 is 1.10 bits per heavy atom. The molecule has 11 heteroatoms. The topological polar surface area (TPSA) is 113 Å². The number of carbonyl (C=O) groups excluding carboxylic acids is 1. The first-order valence-electron chi connectivity index (χ1n) is 12.7. The van der Waals surface area contributed by atoms with Crippen molar-refractivity contribution in [1.29, 1.82) is 0 Å². The lowest BCUT2D eigenvalue weighted by Gasteiger charge is -2.46. The Balaban J connectivity index is 1.33. The number of amides is 1. The van der Waals surface area contributed by atoms with Crippen LogP contribution >= 0.6 is 0 Å². The number of hydrogen-bond donors (Lipinski definition) is 2. The van der Waals surface area contributed by atoms with Crippen LogP contribution in [0.3, 0.4) is 0 Å². The fourth-order valence-corrected chi connectivity index (χ4v) is 6.63. The van der Waals surface area contributed by atoms with Crippen molar-refractivity contribution in [2.24, 2.45) is 0 Å². The van der Waals surface area contributed by atoms with Crippen LogP contribution in [0.5, 0.6) is 5.75 Å². The normalized spacial score (nSPS) is 27.4. The summed E-state index contributed by atoms with van der Waals surface area (Å²) in [5.74, 6) is -0.358. The fraction of sp³-hybridized carbons (Fsp3) is 0.357. The minimum atomic E-state index is -3.02. The molecule has 3 aromatic heterocycles. The molecule has 0 radical (unpaired) electrons. The van der Waals surface area contributed by atoms with Crippen LogP contribution in [0.15, 0.2) is 48.9 Å². The molecule has 2 N–H and O–H groups in total. The van der Waals surface area contributed by atoms with Gasteiger partial charge in [-0.05, 0) is 43.2 Å². The molecule has 2 bridgehead atoms. The van der Waals surface area contributed by atoms with Crippen molar-refractivity contribution >= 4 is 11.4 Å². The third-order valence-corrected chi connectivity index (χ3v) is 8.22. The second-order valence-electron chi connectivity index (χ2n) is 11.0. The highest BCUT2D eigenvalue weighted by Gasteiger charge is 2.53. The van der Waals surface area contributed by atoms with E-state index in [0.717, 1.165) is 27.9 Å². The summed E-state index contributed by atoms with van der Waals surface area (Å²) in [4.78, 5) is 23.7. The number of ether oxygens (including phenoxy) is 1. The van der Waals surface area contributed by atoms with E-state index in [1.165, 1.54) is 6.07 Å². The van der Waals surface area contributed by atoms with Crippen LogP contribution in [0.4, 0.5) is 8.78 Å². The van der Waals surface area contributed by atoms with Gasteiger partial charge in [-0.25, -0.2) is 14.5 Å². The van der Waals surface area contributed by atoms with Gasteiger partial charge in [0.2, 0.25) is 0 Å². The molecular weight excluding hydrogens is 508 g/mol. The summed E-state index contributed by atoms with van der Waals surface area (Å²) in [5, 5.41) is 25.6. The summed E-state index contributed by atoms with van der Waals surface area (Å²) in [5.41, 5.74) is 2.54. The van der Waals surface area contributed by atoms with Gasteiger partial charge < -0.3 is 19.8 Å². The maximum Gasteiger partial charge on any atom is 0.387 e. The largest absolute Gasteiger partial charge is 0.434 e. The number of alkyl halides is 2. The second kappa shape index (κ2) is 8.03. The molecule has 0 saturated heterocycles. The van der Waals surface area contributed by atoms with Crippen molar-refractivity contribution < 1.29 is 28.5 Å². The third-order valence-electron chi connectivity index (χ3n) is 8.22. The highest BCUT2D eigenvalue weighted by molar-refractivity contribution is 5.98. The van der Waals surface area contributed by atoms with Crippen molar-refractivity contribution in [2.75, 3.05) is 7.05 Å². The minimum absolute atomic E-state index is 0.00449. The Morgan fingerprint density at radius 2 is 1.85 bits per heavy atom. The van der Waals surface area contributed by atoms with E-state index in [1.807, 2.05) is 18.3 Å². The Bertz CT molecular complexity index is 1640. The number of halogens is 2. The first kappa shape index (κ1) is 24.1. The van der Waals surface area contributed by atoms with Gasteiger partial charge in [-0.2, -0.15) is 13.9 Å². The van der Waals surface area contributed by atoms with Gasteiger partial charge in [0.15, 0.2) is 5.82 Å². The highest BCUT2D eigenvalue weighted by Crippen LogP contribution is 2.53. The van der Waals surface area contributed by atoms with Crippen LogP contribution in [0.1, 0.15) is 71.1 Å². The first-order chi connectivity index (χ1) is 18.5. The molecule has 1 amide bonds. The first-order valence-corrected chi connectivity index (χ1v) is 12.7. The number of fused-ring (bicyclic) bond motifs is 9. The van der Waals surface area contributed by atoms with Gasteiger partial charge in [-0.15, -0.1) is 0 Å². The van der Waals surface area contributed by atoms with E-state index in [1.54, 1.807) is 47.9 Å². The Kier molecular flexibility index (Phi) is 4.96. The predicted molar refractivity (Wildman–Crippen MR) is 134 cm³/mol. The van der Waals surface area contributed by atoms with E-state index in [0.29, 0.717) is 17.5 Å². The summed E-state index contributed by atoms with van der Waals surface area (Å²) >= 11 is 0. The zero-order valence-electron chi connectivity index (χ0n) is 21.2. The van der Waals surface area contributed by atoms with Crippen molar-refractivity contribution in [3.05, 3.63) is 77.1 Å². The van der Waals surface area contributed by atoms with Crippen LogP contribution in [-0.2, 0) is 5.60 Å². The van der Waals surface area contributed by atoms with Crippen molar-refractivity contribution in [2.45, 2.75) is 56.0 Å². The van der Waals surface area contributed by atoms with Crippen molar-refractivity contribution in [3.8, 4) is 16.9 Å². The third kappa shape index (κ3) is 3.56. The quantitative estimate of drug-likeness (QED) is 0.411. The lowest BCUT2D eigenvalue weighted by atomic mass is 9.68. The van der Waals surface area contributed by atoms with Gasteiger partial charge in [-0.1, -0.05) is 6.07 Å². The average Bonchev–Trinajstić information content (AvgIpc) is 3.40. The fourth-order valence-electron chi connectivity index (χ4n) is 6.63. The number of benzene rings is 1. The summed E-state index contributed by atoms with van der Waals surface area (Å²) in [7, 11) is 1.71. The number of aliphatic hydroxyl groups is 2. The summed E-state index contributed by atoms with van der Waals surface area (Å²) in [6.07, 6.45) is 5.93. The molecule has 1 aliphatic heterocycles. The van der Waals surface area contributed by atoms with Gasteiger partial charge in [0.1, 0.15) is 11.4 Å². The zero-order chi connectivity index (χ0) is 27.3. The predicted octanol–water partition coefficient (Wildman–Crippen LogP) is 3.79. The lowest BCUT2D eigenvalue weighted by molar-refractivity contribution is -0.180. The standard InChI is InChI=1S/C28H25F2N5O4/c1-27(37)12-28(38,13-27)25-31-10-15(11-32-25)14-6-7-35-18(8-14)22-17-9-19(23(22)33-35)34(2)24(36)16-4-3-5-20(21(16)17)39-26(29)30/h3-8,10-11,17,19,26,37-38H,9,12-13H2,1-2H3/t17-,19-,27?,28?/m1/s1. The summed E-state index contributed by atoms with van der Waals surface area (Å²) < 4.78 is 33.3. The van der Waals surface area contributed by atoms with Crippen LogP contribution < -0.4 is 4.74 Å². The number of carbonyl (C=O) groups is 1. The molecule has 1 fully saturated rings. The van der Waals surface area contributed by atoms with Crippen molar-refractivity contribution in [1.82, 2.24) is 24.5 Å². The molecule has 1 aromatic carbocycles. The smallest absolute Gasteiger partial charge is 0.387 e. The molecular formula is C28H25F2N5O4. The lowest BCUT2D eigenvalue weighted by Crippen LogP contribution is -2.53. The van der Waals surface area contributed by atoms with E-state index in [-0.39, 0.29) is 42.3 Å². The van der Waals surface area contributed by atoms with Gasteiger partial charge in [0.25, 0.3) is 5.91 Å². The van der Waals surface area contributed by atoms with Crippen LogP contribution in [0, 0.1) is 0 Å². The maximum atomic E-state index is 13.3. The monoisotopic (exact) mass is 533 g/mol. The molecule has 0 spiro atoms. The Morgan fingerprint density at radius 3 is 2.54 bits per heavy atom. The van der Waals surface area contributed by atoms with Crippen molar-refractivity contribution in [3.63, 3.8) is 0 Å². The number of pyridine rings is 1. The minimum Gasteiger partial charge on any atom is -0.434 e. The molecule has 200 valence electrons. The molecule has 39 heavy (non-hydrogen) atoms. The van der Waals surface area contributed by atoms with E-state index >= 15 is 0 Å². The van der Waals surface area contributed by atoms with E-state index in [2.05, 4.69) is 9.97 Å². The molecule has 9 nitrogen and oxygen atoms in total. The van der Waals surface area contributed by atoms with Crippen LogP contribution in [0.25, 0.3) is 16.6 Å². The zero-order valence-corrected chi connectivity index (χ0v) is 21.2. The van der Waals surface area contributed by atoms with Gasteiger partial charge in [-0.3, -0.25) is 4.79 Å². The number of nitrogens with zero attached hydrogens (tertiary/aromatic N) is 5. The Hall–Kier alpha value is -3.96. The van der Waals surface area contributed by atoms with Gasteiger partial charge in [0, 0.05) is 66.7 Å². The number of rotatable bonds is 4. The molecule has 4 heterocycles. The van der Waals surface area contributed by atoms with E-state index < -0.39 is 17.8 Å². The summed E-state index contributed by atoms with van der Waals surface area (Å²) in [6, 6.07) is 8.19. The van der Waals surface area contributed by atoms with Gasteiger partial charge in [0.05, 0.1) is 22.9 Å². The van der Waals surface area contributed by atoms with Crippen LogP contribution in [-0.4, -0.2) is 59.9 Å². The molecule has 3 aliphatic rings. The highest BCUT2D eigenvalue weighted by atomic mass is 19.3. The molecule has 4 aromatic rings. The number of aromatic nitrogens is 4. The van der Waals surface area contributed by atoms with Gasteiger partial charge >= 0.3 is 6.61 Å². The molecule has 2 atom stereocenters. The summed E-state index contributed by atoms with van der Waals surface area (Å²) in [6.45, 7) is -1.35. The molecule has 7 rings (SSSR count). The molecule has 1 saturated carbocycles. The van der Waals surface area contributed by atoms with E-state index in [9.17, 15) is 23.8 Å². The molecule has 2 aliphatic carbocycles. The average molecular weight is 534 g/mol. The Labute approximate surface area is 221 Å². The SMILES string of the molecule is CN1C(=O)c2cccc(OC(F)F)c2[C@H]2C[C@@H]1c1nn3ccc(-c4cnc(C5(O)CC(C)(O)C5)nc4)cc3c12.